The van der Waals surface area contributed by atoms with Crippen molar-refractivity contribution < 1.29 is 23.8 Å². The minimum Gasteiger partial charge on any atom is -0.497 e. The number of ether oxygens (including phenoxy) is 1. The Labute approximate surface area is 181 Å². The molecular formula is C22H15NO5S2. The Morgan fingerprint density at radius 1 is 1.10 bits per heavy atom. The van der Waals surface area contributed by atoms with Gasteiger partial charge in [0.05, 0.1) is 23.3 Å². The SMILES string of the molecule is COc1ccc(N2C(=O)/C(=C\c3ccc(-c4ccc(C(=O)O)cc4)o3)SC2=S)cc1. The molecule has 2 aromatic carbocycles. The molecule has 1 fully saturated rings. The third kappa shape index (κ3) is 3.87. The van der Waals surface area contributed by atoms with Crippen molar-refractivity contribution in [2.24, 2.45) is 0 Å². The van der Waals surface area contributed by atoms with Crippen LogP contribution in [-0.4, -0.2) is 28.4 Å². The van der Waals surface area contributed by atoms with Gasteiger partial charge in [0.25, 0.3) is 5.91 Å². The zero-order valence-electron chi connectivity index (χ0n) is 15.7. The molecule has 3 aromatic rings. The third-order valence-electron chi connectivity index (χ3n) is 4.44. The van der Waals surface area contributed by atoms with E-state index in [1.54, 1.807) is 61.7 Å². The first kappa shape index (κ1) is 19.9. The first-order chi connectivity index (χ1) is 14.5. The fourth-order valence-corrected chi connectivity index (χ4v) is 4.19. The van der Waals surface area contributed by atoms with Gasteiger partial charge in [-0.2, -0.15) is 0 Å². The van der Waals surface area contributed by atoms with E-state index >= 15 is 0 Å². The third-order valence-corrected chi connectivity index (χ3v) is 5.74. The number of rotatable bonds is 5. The van der Waals surface area contributed by atoms with Crippen molar-refractivity contribution >= 4 is 51.9 Å². The highest BCUT2D eigenvalue weighted by molar-refractivity contribution is 8.27. The summed E-state index contributed by atoms with van der Waals surface area (Å²) in [6.07, 6.45) is 1.65. The Balaban J connectivity index is 1.56. The highest BCUT2D eigenvalue weighted by Gasteiger charge is 2.33. The van der Waals surface area contributed by atoms with E-state index in [0.717, 1.165) is 5.56 Å². The Morgan fingerprint density at radius 3 is 2.43 bits per heavy atom. The van der Waals surface area contributed by atoms with Gasteiger partial charge in [0.15, 0.2) is 4.32 Å². The number of hydrogen-bond donors (Lipinski definition) is 1. The highest BCUT2D eigenvalue weighted by atomic mass is 32.2. The average Bonchev–Trinajstić information content (AvgIpc) is 3.33. The summed E-state index contributed by atoms with van der Waals surface area (Å²) in [4.78, 5) is 25.8. The largest absolute Gasteiger partial charge is 0.497 e. The van der Waals surface area contributed by atoms with Crippen LogP contribution in [-0.2, 0) is 4.79 Å². The fourth-order valence-electron chi connectivity index (χ4n) is 2.91. The maximum absolute atomic E-state index is 12.9. The molecule has 0 bridgehead atoms. The first-order valence-electron chi connectivity index (χ1n) is 8.82. The summed E-state index contributed by atoms with van der Waals surface area (Å²) in [5, 5.41) is 9.00. The topological polar surface area (TPSA) is 80.0 Å². The predicted molar refractivity (Wildman–Crippen MR) is 120 cm³/mol. The van der Waals surface area contributed by atoms with Crippen LogP contribution in [0, 0.1) is 0 Å². The van der Waals surface area contributed by atoms with Crippen molar-refractivity contribution in [3.63, 3.8) is 0 Å². The van der Waals surface area contributed by atoms with E-state index in [1.165, 1.54) is 28.8 Å². The van der Waals surface area contributed by atoms with E-state index in [2.05, 4.69) is 0 Å². The van der Waals surface area contributed by atoms with Crippen LogP contribution in [0.3, 0.4) is 0 Å². The molecular weight excluding hydrogens is 422 g/mol. The number of thioether (sulfide) groups is 1. The Hall–Kier alpha value is -3.36. The molecule has 1 saturated heterocycles. The Bertz CT molecular complexity index is 1160. The molecule has 1 aliphatic rings. The summed E-state index contributed by atoms with van der Waals surface area (Å²) in [5.41, 5.74) is 1.61. The van der Waals surface area contributed by atoms with Crippen LogP contribution in [0.2, 0.25) is 0 Å². The number of carbonyl (C=O) groups excluding carboxylic acids is 1. The minimum absolute atomic E-state index is 0.202. The average molecular weight is 437 g/mol. The van der Waals surface area contributed by atoms with Gasteiger partial charge in [-0.05, 0) is 48.5 Å². The molecule has 0 saturated carbocycles. The van der Waals surface area contributed by atoms with Crippen molar-refractivity contribution in [2.75, 3.05) is 12.0 Å². The van der Waals surface area contributed by atoms with E-state index < -0.39 is 5.97 Å². The minimum atomic E-state index is -0.986. The summed E-state index contributed by atoms with van der Waals surface area (Å²) < 4.78 is 11.4. The molecule has 1 aromatic heterocycles. The van der Waals surface area contributed by atoms with Crippen LogP contribution in [0.15, 0.2) is 70.0 Å². The second-order valence-corrected chi connectivity index (χ2v) is 7.98. The summed E-state index contributed by atoms with van der Waals surface area (Å²) in [5.74, 6) is 0.560. The maximum atomic E-state index is 12.9. The van der Waals surface area contributed by atoms with Gasteiger partial charge in [-0.3, -0.25) is 9.69 Å². The van der Waals surface area contributed by atoms with Gasteiger partial charge in [0.1, 0.15) is 17.3 Å². The number of hydrogen-bond acceptors (Lipinski definition) is 6. The fraction of sp³-hybridized carbons (Fsp3) is 0.0455. The molecule has 8 heteroatoms. The number of furan rings is 1. The number of nitrogens with zero attached hydrogens (tertiary/aromatic N) is 1. The molecule has 0 atom stereocenters. The summed E-state index contributed by atoms with van der Waals surface area (Å²) in [7, 11) is 1.58. The van der Waals surface area contributed by atoms with E-state index in [0.29, 0.717) is 32.2 Å². The van der Waals surface area contributed by atoms with Crippen LogP contribution in [0.4, 0.5) is 5.69 Å². The van der Waals surface area contributed by atoms with E-state index in [9.17, 15) is 9.59 Å². The predicted octanol–water partition coefficient (Wildman–Crippen LogP) is 5.06. The van der Waals surface area contributed by atoms with E-state index in [1.807, 2.05) is 0 Å². The molecule has 30 heavy (non-hydrogen) atoms. The van der Waals surface area contributed by atoms with Gasteiger partial charge in [-0.25, -0.2) is 4.79 Å². The number of aromatic carboxylic acids is 1. The van der Waals surface area contributed by atoms with Gasteiger partial charge < -0.3 is 14.3 Å². The number of carboxylic acids is 1. The zero-order valence-corrected chi connectivity index (χ0v) is 17.3. The highest BCUT2D eigenvalue weighted by Crippen LogP contribution is 2.37. The van der Waals surface area contributed by atoms with Crippen molar-refractivity contribution in [1.82, 2.24) is 0 Å². The number of carboxylic acid groups (broad SMARTS) is 1. The molecule has 150 valence electrons. The van der Waals surface area contributed by atoms with Crippen LogP contribution in [0.1, 0.15) is 16.1 Å². The van der Waals surface area contributed by atoms with Gasteiger partial charge in [-0.15, -0.1) is 0 Å². The standard InChI is InChI=1S/C22H15NO5S2/c1-27-16-8-6-15(7-9-16)23-20(24)19(30-22(23)29)12-17-10-11-18(28-17)13-2-4-14(5-3-13)21(25)26/h2-12H,1H3,(H,25,26)/b19-12+. The van der Waals surface area contributed by atoms with Crippen molar-refractivity contribution in [1.29, 1.82) is 0 Å². The smallest absolute Gasteiger partial charge is 0.335 e. The molecule has 1 N–H and O–H groups in total. The first-order valence-corrected chi connectivity index (χ1v) is 10.0. The number of anilines is 1. The number of carbonyl (C=O) groups is 2. The molecule has 6 nitrogen and oxygen atoms in total. The Kier molecular flexibility index (Phi) is 5.43. The second-order valence-electron chi connectivity index (χ2n) is 6.30. The van der Waals surface area contributed by atoms with Crippen LogP contribution in [0.5, 0.6) is 5.75 Å². The van der Waals surface area contributed by atoms with Gasteiger partial charge in [0, 0.05) is 11.6 Å². The van der Waals surface area contributed by atoms with Gasteiger partial charge in [-0.1, -0.05) is 36.1 Å². The molecule has 0 spiro atoms. The second kappa shape index (κ2) is 8.17. The molecule has 2 heterocycles. The number of thiocarbonyl (C=S) groups is 1. The van der Waals surface area contributed by atoms with Crippen LogP contribution >= 0.6 is 24.0 Å². The van der Waals surface area contributed by atoms with Crippen molar-refractivity contribution in [3.05, 3.63) is 76.9 Å². The number of amides is 1. The number of benzene rings is 2. The summed E-state index contributed by atoms with van der Waals surface area (Å²) in [6, 6.07) is 17.0. The lowest BCUT2D eigenvalue weighted by molar-refractivity contribution is -0.113. The molecule has 1 aliphatic heterocycles. The lowest BCUT2D eigenvalue weighted by Crippen LogP contribution is -2.27. The van der Waals surface area contributed by atoms with Crippen LogP contribution < -0.4 is 9.64 Å². The summed E-state index contributed by atoms with van der Waals surface area (Å²) in [6.45, 7) is 0. The van der Waals surface area contributed by atoms with E-state index in [-0.39, 0.29) is 11.5 Å². The van der Waals surface area contributed by atoms with Crippen LogP contribution in [0.25, 0.3) is 17.4 Å². The molecule has 0 unspecified atom stereocenters. The molecule has 0 aliphatic carbocycles. The Morgan fingerprint density at radius 2 is 1.80 bits per heavy atom. The zero-order chi connectivity index (χ0) is 21.3. The van der Waals surface area contributed by atoms with Crippen molar-refractivity contribution in [3.8, 4) is 17.1 Å². The maximum Gasteiger partial charge on any atom is 0.335 e. The quantitative estimate of drug-likeness (QED) is 0.441. The lowest BCUT2D eigenvalue weighted by atomic mass is 10.1. The van der Waals surface area contributed by atoms with Gasteiger partial charge in [0.2, 0.25) is 0 Å². The van der Waals surface area contributed by atoms with Gasteiger partial charge >= 0.3 is 5.97 Å². The molecule has 1 amide bonds. The molecule has 0 radical (unpaired) electrons. The number of methoxy groups -OCH3 is 1. The van der Waals surface area contributed by atoms with Crippen molar-refractivity contribution in [2.45, 2.75) is 0 Å². The monoisotopic (exact) mass is 437 g/mol. The normalized spacial score (nSPS) is 15.1. The lowest BCUT2D eigenvalue weighted by Gasteiger charge is -2.14. The summed E-state index contributed by atoms with van der Waals surface area (Å²) >= 11 is 6.59. The van der Waals surface area contributed by atoms with E-state index in [4.69, 9.17) is 26.5 Å². The molecule has 4 rings (SSSR count).